The highest BCUT2D eigenvalue weighted by molar-refractivity contribution is 4.88. The van der Waals surface area contributed by atoms with E-state index in [9.17, 15) is 0 Å². The predicted octanol–water partition coefficient (Wildman–Crippen LogP) is 1.60. The van der Waals surface area contributed by atoms with Gasteiger partial charge in [-0.15, -0.1) is 0 Å². The molecule has 72 valence electrons. The number of nitrogens with two attached hydrogens (primary N) is 1. The molecule has 1 fully saturated rings. The van der Waals surface area contributed by atoms with Gasteiger partial charge in [0.1, 0.15) is 0 Å². The number of likely N-dealkylation sites (tertiary alicyclic amines) is 1. The molecule has 2 unspecified atom stereocenters. The zero-order chi connectivity index (χ0) is 9.19. The van der Waals surface area contributed by atoms with Crippen LogP contribution in [-0.2, 0) is 0 Å². The van der Waals surface area contributed by atoms with Crippen LogP contribution in [0.15, 0.2) is 0 Å². The SMILES string of the molecule is CCC(C)N1CCCC(C)(N)C1. The largest absolute Gasteiger partial charge is 0.324 e. The summed E-state index contributed by atoms with van der Waals surface area (Å²) in [6.45, 7) is 9.01. The van der Waals surface area contributed by atoms with Crippen LogP contribution in [0, 0.1) is 0 Å². The summed E-state index contributed by atoms with van der Waals surface area (Å²) < 4.78 is 0. The maximum absolute atomic E-state index is 6.12. The smallest absolute Gasteiger partial charge is 0.0255 e. The molecule has 0 aromatic heterocycles. The van der Waals surface area contributed by atoms with Crippen molar-refractivity contribution in [1.82, 2.24) is 4.90 Å². The van der Waals surface area contributed by atoms with E-state index in [1.54, 1.807) is 0 Å². The van der Waals surface area contributed by atoms with Crippen LogP contribution in [0.3, 0.4) is 0 Å². The molecule has 1 saturated heterocycles. The fourth-order valence-electron chi connectivity index (χ4n) is 1.94. The Morgan fingerprint density at radius 2 is 2.25 bits per heavy atom. The van der Waals surface area contributed by atoms with E-state index in [2.05, 4.69) is 25.7 Å². The molecule has 0 amide bonds. The molecule has 0 bridgehead atoms. The minimum absolute atomic E-state index is 0.0572. The number of piperidine rings is 1. The minimum Gasteiger partial charge on any atom is -0.324 e. The lowest BCUT2D eigenvalue weighted by atomic mass is 9.91. The minimum atomic E-state index is 0.0572. The van der Waals surface area contributed by atoms with Gasteiger partial charge in [0.05, 0.1) is 0 Å². The Labute approximate surface area is 76.1 Å². The number of hydrogen-bond donors (Lipinski definition) is 1. The van der Waals surface area contributed by atoms with E-state index in [0.717, 1.165) is 6.54 Å². The third kappa shape index (κ3) is 2.46. The van der Waals surface area contributed by atoms with Crippen molar-refractivity contribution in [2.75, 3.05) is 13.1 Å². The summed E-state index contributed by atoms with van der Waals surface area (Å²) in [7, 11) is 0. The molecule has 12 heavy (non-hydrogen) atoms. The summed E-state index contributed by atoms with van der Waals surface area (Å²) in [5, 5.41) is 0. The van der Waals surface area contributed by atoms with Gasteiger partial charge in [-0.25, -0.2) is 0 Å². The average molecular weight is 170 g/mol. The molecule has 0 radical (unpaired) electrons. The summed E-state index contributed by atoms with van der Waals surface area (Å²) in [6.07, 6.45) is 3.67. The van der Waals surface area contributed by atoms with Crippen LogP contribution in [0.5, 0.6) is 0 Å². The Morgan fingerprint density at radius 3 is 2.75 bits per heavy atom. The van der Waals surface area contributed by atoms with Crippen LogP contribution in [-0.4, -0.2) is 29.6 Å². The van der Waals surface area contributed by atoms with Crippen molar-refractivity contribution in [2.45, 2.75) is 51.6 Å². The molecule has 2 atom stereocenters. The van der Waals surface area contributed by atoms with Crippen molar-refractivity contribution in [3.8, 4) is 0 Å². The Hall–Kier alpha value is -0.0800. The third-order valence-corrected chi connectivity index (χ3v) is 2.97. The molecule has 1 aliphatic heterocycles. The lowest BCUT2D eigenvalue weighted by molar-refractivity contribution is 0.118. The van der Waals surface area contributed by atoms with E-state index in [1.165, 1.54) is 25.8 Å². The molecule has 0 aromatic rings. The quantitative estimate of drug-likeness (QED) is 0.682. The fourth-order valence-corrected chi connectivity index (χ4v) is 1.94. The maximum Gasteiger partial charge on any atom is 0.0255 e. The highest BCUT2D eigenvalue weighted by atomic mass is 15.2. The van der Waals surface area contributed by atoms with Crippen LogP contribution in [0.25, 0.3) is 0 Å². The second-order valence-corrected chi connectivity index (χ2v) is 4.49. The van der Waals surface area contributed by atoms with E-state index < -0.39 is 0 Å². The average Bonchev–Trinajstić information content (AvgIpc) is 2.01. The first-order chi connectivity index (χ1) is 5.55. The molecule has 2 nitrogen and oxygen atoms in total. The second kappa shape index (κ2) is 3.75. The van der Waals surface area contributed by atoms with Crippen LogP contribution >= 0.6 is 0 Å². The summed E-state index contributed by atoms with van der Waals surface area (Å²) in [4.78, 5) is 2.52. The standard InChI is InChI=1S/C10H22N2/c1-4-9(2)12-7-5-6-10(3,11)8-12/h9H,4-8,11H2,1-3H3. The monoisotopic (exact) mass is 170 g/mol. The topological polar surface area (TPSA) is 29.3 Å². The van der Waals surface area contributed by atoms with Gasteiger partial charge in [-0.2, -0.15) is 0 Å². The third-order valence-electron chi connectivity index (χ3n) is 2.97. The summed E-state index contributed by atoms with van der Waals surface area (Å²) >= 11 is 0. The van der Waals surface area contributed by atoms with Crippen molar-refractivity contribution in [1.29, 1.82) is 0 Å². The molecule has 0 spiro atoms. The summed E-state index contributed by atoms with van der Waals surface area (Å²) in [5.41, 5.74) is 6.18. The van der Waals surface area contributed by atoms with E-state index >= 15 is 0 Å². The summed E-state index contributed by atoms with van der Waals surface area (Å²) in [5.74, 6) is 0. The first-order valence-corrected chi connectivity index (χ1v) is 5.08. The number of hydrogen-bond acceptors (Lipinski definition) is 2. The first kappa shape index (κ1) is 10.0. The molecule has 2 N–H and O–H groups in total. The van der Waals surface area contributed by atoms with Crippen molar-refractivity contribution in [2.24, 2.45) is 5.73 Å². The van der Waals surface area contributed by atoms with Gasteiger partial charge < -0.3 is 5.73 Å². The summed E-state index contributed by atoms with van der Waals surface area (Å²) in [6, 6.07) is 0.702. The Morgan fingerprint density at radius 1 is 1.58 bits per heavy atom. The van der Waals surface area contributed by atoms with E-state index in [-0.39, 0.29) is 5.54 Å². The first-order valence-electron chi connectivity index (χ1n) is 5.08. The Kier molecular flexibility index (Phi) is 3.13. The Bertz CT molecular complexity index is 143. The molecule has 2 heteroatoms. The van der Waals surface area contributed by atoms with Crippen molar-refractivity contribution in [3.63, 3.8) is 0 Å². The normalized spacial score (nSPS) is 35.0. The molecular weight excluding hydrogens is 148 g/mol. The van der Waals surface area contributed by atoms with Gasteiger partial charge >= 0.3 is 0 Å². The molecule has 1 heterocycles. The zero-order valence-electron chi connectivity index (χ0n) is 8.64. The maximum atomic E-state index is 6.12. The number of nitrogens with zero attached hydrogens (tertiary/aromatic N) is 1. The van der Waals surface area contributed by atoms with E-state index in [4.69, 9.17) is 5.73 Å². The molecule has 1 aliphatic rings. The van der Waals surface area contributed by atoms with Gasteiger partial charge in [0.2, 0.25) is 0 Å². The molecule has 0 saturated carbocycles. The van der Waals surface area contributed by atoms with E-state index in [1.807, 2.05) is 0 Å². The van der Waals surface area contributed by atoms with Crippen LogP contribution in [0.4, 0.5) is 0 Å². The fraction of sp³-hybridized carbons (Fsp3) is 1.00. The molecule has 0 aliphatic carbocycles. The van der Waals surface area contributed by atoms with Gasteiger partial charge in [0, 0.05) is 18.1 Å². The van der Waals surface area contributed by atoms with Crippen molar-refractivity contribution in [3.05, 3.63) is 0 Å². The lowest BCUT2D eigenvalue weighted by Gasteiger charge is -2.40. The van der Waals surface area contributed by atoms with Crippen molar-refractivity contribution >= 4 is 0 Å². The highest BCUT2D eigenvalue weighted by Crippen LogP contribution is 2.20. The van der Waals surface area contributed by atoms with Crippen LogP contribution < -0.4 is 5.73 Å². The number of rotatable bonds is 2. The van der Waals surface area contributed by atoms with Crippen LogP contribution in [0.2, 0.25) is 0 Å². The zero-order valence-corrected chi connectivity index (χ0v) is 8.64. The van der Waals surface area contributed by atoms with E-state index in [0.29, 0.717) is 6.04 Å². The highest BCUT2D eigenvalue weighted by Gasteiger charge is 2.28. The van der Waals surface area contributed by atoms with Crippen LogP contribution in [0.1, 0.15) is 40.0 Å². The second-order valence-electron chi connectivity index (χ2n) is 4.49. The predicted molar refractivity (Wildman–Crippen MR) is 53.2 cm³/mol. The Balaban J connectivity index is 2.46. The molecule has 1 rings (SSSR count). The van der Waals surface area contributed by atoms with Gasteiger partial charge in [-0.05, 0) is 39.7 Å². The molecular formula is C10H22N2. The van der Waals surface area contributed by atoms with Crippen molar-refractivity contribution < 1.29 is 0 Å². The van der Waals surface area contributed by atoms with Gasteiger partial charge in [0.15, 0.2) is 0 Å². The van der Waals surface area contributed by atoms with Gasteiger partial charge in [-0.1, -0.05) is 6.92 Å². The molecule has 0 aromatic carbocycles. The lowest BCUT2D eigenvalue weighted by Crippen LogP contribution is -2.54. The van der Waals surface area contributed by atoms with Gasteiger partial charge in [-0.3, -0.25) is 4.90 Å². The van der Waals surface area contributed by atoms with Gasteiger partial charge in [0.25, 0.3) is 0 Å².